The van der Waals surface area contributed by atoms with Crippen LogP contribution in [0.3, 0.4) is 0 Å². The van der Waals surface area contributed by atoms with Crippen molar-refractivity contribution in [1.82, 2.24) is 0 Å². The quantitative estimate of drug-likeness (QED) is 0.571. The van der Waals surface area contributed by atoms with Crippen molar-refractivity contribution >= 4 is 34.0 Å². The standard InChI is InChI=1S/C18H13Cl2O2/c1-2-21-14-8-6-13-11-15(9-7-12(13)10-14)22-17-5-3-4-16(19)18(17)20/h3-9,11H,2H2,1H3. The number of benzene rings is 3. The Balaban J connectivity index is 1.92. The van der Waals surface area contributed by atoms with Gasteiger partial charge in [-0.25, -0.2) is 0 Å². The van der Waals surface area contributed by atoms with Gasteiger partial charge in [-0.3, -0.25) is 0 Å². The van der Waals surface area contributed by atoms with Gasteiger partial charge in [-0.15, -0.1) is 0 Å². The molecule has 0 aromatic heterocycles. The Hall–Kier alpha value is -1.90. The second-order valence-corrected chi connectivity index (χ2v) is 5.44. The predicted molar refractivity (Wildman–Crippen MR) is 90.5 cm³/mol. The average Bonchev–Trinajstić information content (AvgIpc) is 2.52. The molecule has 0 aliphatic rings. The van der Waals surface area contributed by atoms with Gasteiger partial charge in [-0.05, 0) is 54.1 Å². The maximum Gasteiger partial charge on any atom is 0.147 e. The van der Waals surface area contributed by atoms with Gasteiger partial charge < -0.3 is 9.47 Å². The Morgan fingerprint density at radius 1 is 1.05 bits per heavy atom. The van der Waals surface area contributed by atoms with Crippen LogP contribution in [0.25, 0.3) is 10.8 Å². The summed E-state index contributed by atoms with van der Waals surface area (Å²) in [5.41, 5.74) is 0. The smallest absolute Gasteiger partial charge is 0.147 e. The molecule has 0 saturated heterocycles. The number of hydrogen-bond donors (Lipinski definition) is 0. The first kappa shape index (κ1) is 15.0. The zero-order valence-corrected chi connectivity index (χ0v) is 13.4. The summed E-state index contributed by atoms with van der Waals surface area (Å²) in [5, 5.41) is 2.85. The summed E-state index contributed by atoms with van der Waals surface area (Å²) in [6.45, 7) is 2.57. The summed E-state index contributed by atoms with van der Waals surface area (Å²) >= 11 is 12.1. The maximum atomic E-state index is 6.14. The summed E-state index contributed by atoms with van der Waals surface area (Å²) in [6.07, 6.45) is 0. The van der Waals surface area contributed by atoms with E-state index in [0.29, 0.717) is 28.2 Å². The second-order valence-electron chi connectivity index (χ2n) is 4.66. The van der Waals surface area contributed by atoms with E-state index in [9.17, 15) is 0 Å². The van der Waals surface area contributed by atoms with E-state index >= 15 is 0 Å². The van der Waals surface area contributed by atoms with Crippen LogP contribution in [0.15, 0.2) is 48.5 Å². The van der Waals surface area contributed by atoms with Crippen molar-refractivity contribution in [3.63, 3.8) is 0 Å². The van der Waals surface area contributed by atoms with E-state index in [1.807, 2.05) is 37.3 Å². The maximum absolute atomic E-state index is 6.14. The molecule has 0 bridgehead atoms. The van der Waals surface area contributed by atoms with Crippen LogP contribution < -0.4 is 9.47 Å². The third-order valence-corrected chi connectivity index (χ3v) is 3.94. The minimum atomic E-state index is 0.405. The molecule has 3 aromatic carbocycles. The first-order chi connectivity index (χ1) is 10.7. The highest BCUT2D eigenvalue weighted by atomic mass is 35.5. The Morgan fingerprint density at radius 2 is 1.91 bits per heavy atom. The lowest BCUT2D eigenvalue weighted by molar-refractivity contribution is 0.340. The molecule has 0 spiro atoms. The van der Waals surface area contributed by atoms with Crippen LogP contribution in [0.1, 0.15) is 6.92 Å². The molecule has 0 fully saturated rings. The van der Waals surface area contributed by atoms with Gasteiger partial charge in [0.2, 0.25) is 0 Å². The number of hydrogen-bond acceptors (Lipinski definition) is 2. The molecule has 0 aliphatic heterocycles. The SMILES string of the molecule is CCOc1[c]c2ccc(Oc3cccc(Cl)c3Cl)cc2cc1. The van der Waals surface area contributed by atoms with E-state index in [2.05, 4.69) is 6.07 Å². The van der Waals surface area contributed by atoms with Gasteiger partial charge in [-0.1, -0.05) is 35.3 Å². The first-order valence-electron chi connectivity index (χ1n) is 6.88. The summed E-state index contributed by atoms with van der Waals surface area (Å²) in [7, 11) is 0. The van der Waals surface area contributed by atoms with Crippen molar-refractivity contribution in [2.75, 3.05) is 6.61 Å². The lowest BCUT2D eigenvalue weighted by atomic mass is 10.1. The zero-order chi connectivity index (χ0) is 15.5. The Morgan fingerprint density at radius 3 is 2.73 bits per heavy atom. The van der Waals surface area contributed by atoms with Gasteiger partial charge in [0, 0.05) is 6.07 Å². The van der Waals surface area contributed by atoms with Crippen molar-refractivity contribution < 1.29 is 9.47 Å². The van der Waals surface area contributed by atoms with Gasteiger partial charge in [-0.2, -0.15) is 0 Å². The number of rotatable bonds is 4. The van der Waals surface area contributed by atoms with E-state index < -0.39 is 0 Å². The highest BCUT2D eigenvalue weighted by Gasteiger charge is 2.07. The highest BCUT2D eigenvalue weighted by molar-refractivity contribution is 6.42. The van der Waals surface area contributed by atoms with Gasteiger partial charge in [0.05, 0.1) is 11.6 Å². The van der Waals surface area contributed by atoms with Gasteiger partial charge in [0.25, 0.3) is 0 Å². The topological polar surface area (TPSA) is 18.5 Å². The van der Waals surface area contributed by atoms with Crippen molar-refractivity contribution in [2.45, 2.75) is 6.92 Å². The third-order valence-electron chi connectivity index (χ3n) is 3.14. The van der Waals surface area contributed by atoms with Crippen LogP contribution in [0.5, 0.6) is 17.2 Å². The predicted octanol–water partition coefficient (Wildman–Crippen LogP) is 6.14. The minimum Gasteiger partial charge on any atom is -0.493 e. The van der Waals surface area contributed by atoms with Crippen molar-refractivity contribution in [1.29, 1.82) is 0 Å². The lowest BCUT2D eigenvalue weighted by Crippen LogP contribution is -1.91. The van der Waals surface area contributed by atoms with E-state index in [0.717, 1.165) is 16.5 Å². The molecule has 2 nitrogen and oxygen atoms in total. The van der Waals surface area contributed by atoms with Crippen LogP contribution >= 0.6 is 23.2 Å². The third kappa shape index (κ3) is 3.13. The van der Waals surface area contributed by atoms with Crippen molar-refractivity contribution in [3.8, 4) is 17.2 Å². The van der Waals surface area contributed by atoms with Crippen molar-refractivity contribution in [3.05, 3.63) is 64.6 Å². The van der Waals surface area contributed by atoms with Crippen LogP contribution in [0, 0.1) is 6.07 Å². The van der Waals surface area contributed by atoms with Gasteiger partial charge in [0.15, 0.2) is 0 Å². The molecule has 111 valence electrons. The Bertz CT molecular complexity index is 815. The Kier molecular flexibility index (Phi) is 4.41. The molecule has 0 N–H and O–H groups in total. The average molecular weight is 332 g/mol. The van der Waals surface area contributed by atoms with Crippen LogP contribution in [-0.2, 0) is 0 Å². The molecule has 1 radical (unpaired) electrons. The molecule has 0 saturated carbocycles. The van der Waals surface area contributed by atoms with Gasteiger partial charge in [0.1, 0.15) is 22.3 Å². The molecule has 0 aliphatic carbocycles. The van der Waals surface area contributed by atoms with Crippen LogP contribution in [-0.4, -0.2) is 6.61 Å². The molecule has 0 heterocycles. The first-order valence-corrected chi connectivity index (χ1v) is 7.63. The summed E-state index contributed by atoms with van der Waals surface area (Å²) < 4.78 is 11.3. The van der Waals surface area contributed by atoms with Crippen molar-refractivity contribution in [2.24, 2.45) is 0 Å². The fourth-order valence-electron chi connectivity index (χ4n) is 2.13. The minimum absolute atomic E-state index is 0.405. The molecule has 3 rings (SSSR count). The van der Waals surface area contributed by atoms with Crippen LogP contribution in [0.4, 0.5) is 0 Å². The summed E-state index contributed by atoms with van der Waals surface area (Å²) in [6, 6.07) is 18.1. The molecular formula is C18H13Cl2O2. The molecule has 0 atom stereocenters. The van der Waals surface area contributed by atoms with E-state index in [1.54, 1.807) is 18.2 Å². The summed E-state index contributed by atoms with van der Waals surface area (Å²) in [4.78, 5) is 0. The normalized spacial score (nSPS) is 10.7. The number of fused-ring (bicyclic) bond motifs is 1. The fraction of sp³-hybridized carbons (Fsp3) is 0.111. The monoisotopic (exact) mass is 331 g/mol. The van der Waals surface area contributed by atoms with Gasteiger partial charge >= 0.3 is 0 Å². The lowest BCUT2D eigenvalue weighted by Gasteiger charge is -2.10. The fourth-order valence-corrected chi connectivity index (χ4v) is 2.46. The molecule has 0 amide bonds. The Labute approximate surface area is 139 Å². The van der Waals surface area contributed by atoms with Crippen LogP contribution in [0.2, 0.25) is 10.0 Å². The molecule has 22 heavy (non-hydrogen) atoms. The zero-order valence-electron chi connectivity index (χ0n) is 11.9. The number of ether oxygens (including phenoxy) is 2. The highest BCUT2D eigenvalue weighted by Crippen LogP contribution is 2.35. The second kappa shape index (κ2) is 6.47. The molecule has 0 unspecified atom stereocenters. The van der Waals surface area contributed by atoms with E-state index in [4.69, 9.17) is 32.7 Å². The number of halogens is 2. The van der Waals surface area contributed by atoms with E-state index in [-0.39, 0.29) is 0 Å². The largest absolute Gasteiger partial charge is 0.493 e. The molecule has 4 heteroatoms. The summed E-state index contributed by atoms with van der Waals surface area (Å²) in [5.74, 6) is 1.96. The van der Waals surface area contributed by atoms with E-state index in [1.165, 1.54) is 0 Å². The molecule has 3 aromatic rings. The molecular weight excluding hydrogens is 319 g/mol.